The molecule has 1 atom stereocenters. The van der Waals surface area contributed by atoms with E-state index in [0.29, 0.717) is 6.54 Å². The van der Waals surface area contributed by atoms with Gasteiger partial charge in [-0.25, -0.2) is 0 Å². The number of rotatable bonds is 5. The average molecular weight is 224 g/mol. The maximum Gasteiger partial charge on any atom is 0.237 e. The van der Waals surface area contributed by atoms with Crippen molar-refractivity contribution in [3.05, 3.63) is 0 Å². The number of hydrogen-bond acceptors (Lipinski definition) is 3. The van der Waals surface area contributed by atoms with Crippen LogP contribution in [0.15, 0.2) is 0 Å². The molecule has 1 rings (SSSR count). The number of nitrogens with one attached hydrogen (secondary N) is 1. The van der Waals surface area contributed by atoms with Crippen LogP contribution >= 0.6 is 0 Å². The standard InChI is InChI=1S/C12H20N2O2/c1-9(2)10(7-13)11(15)14-8-12(16-3)5-4-6-12/h9-10H,4-6,8H2,1-3H3,(H,14,15). The van der Waals surface area contributed by atoms with Gasteiger partial charge in [0.05, 0.1) is 11.7 Å². The van der Waals surface area contributed by atoms with E-state index in [2.05, 4.69) is 5.32 Å². The highest BCUT2D eigenvalue weighted by Crippen LogP contribution is 2.34. The highest BCUT2D eigenvalue weighted by atomic mass is 16.5. The van der Waals surface area contributed by atoms with Gasteiger partial charge in [-0.2, -0.15) is 5.26 Å². The van der Waals surface area contributed by atoms with Crippen molar-refractivity contribution in [1.82, 2.24) is 5.32 Å². The first-order chi connectivity index (χ1) is 7.54. The first-order valence-corrected chi connectivity index (χ1v) is 5.77. The van der Waals surface area contributed by atoms with Gasteiger partial charge in [0, 0.05) is 13.7 Å². The van der Waals surface area contributed by atoms with Crippen molar-refractivity contribution < 1.29 is 9.53 Å². The van der Waals surface area contributed by atoms with Gasteiger partial charge >= 0.3 is 0 Å². The number of nitriles is 1. The van der Waals surface area contributed by atoms with Crippen LogP contribution in [0.4, 0.5) is 0 Å². The highest BCUT2D eigenvalue weighted by Gasteiger charge is 2.37. The monoisotopic (exact) mass is 224 g/mol. The van der Waals surface area contributed by atoms with Crippen LogP contribution in [0.1, 0.15) is 33.1 Å². The minimum absolute atomic E-state index is 0.0462. The summed E-state index contributed by atoms with van der Waals surface area (Å²) in [5, 5.41) is 11.7. The summed E-state index contributed by atoms with van der Waals surface area (Å²) < 4.78 is 5.40. The van der Waals surface area contributed by atoms with Gasteiger partial charge in [-0.1, -0.05) is 13.8 Å². The second-order valence-electron chi connectivity index (χ2n) is 4.81. The molecule has 4 nitrogen and oxygen atoms in total. The van der Waals surface area contributed by atoms with Gasteiger partial charge in [0.2, 0.25) is 5.91 Å². The molecule has 1 fully saturated rings. The maximum absolute atomic E-state index is 11.7. The Morgan fingerprint density at radius 2 is 2.19 bits per heavy atom. The first kappa shape index (κ1) is 13.0. The van der Waals surface area contributed by atoms with Gasteiger partial charge in [-0.05, 0) is 25.2 Å². The van der Waals surface area contributed by atoms with Crippen LogP contribution in [-0.2, 0) is 9.53 Å². The molecule has 0 spiro atoms. The van der Waals surface area contributed by atoms with Crippen molar-refractivity contribution in [2.24, 2.45) is 11.8 Å². The number of ether oxygens (including phenoxy) is 1. The molecule has 0 aromatic rings. The lowest BCUT2D eigenvalue weighted by atomic mass is 9.80. The molecule has 16 heavy (non-hydrogen) atoms. The summed E-state index contributed by atoms with van der Waals surface area (Å²) in [4.78, 5) is 11.7. The molecule has 0 radical (unpaired) electrons. The third-order valence-corrected chi connectivity index (χ3v) is 3.37. The molecule has 90 valence electrons. The smallest absolute Gasteiger partial charge is 0.237 e. The van der Waals surface area contributed by atoms with Crippen LogP contribution in [0.3, 0.4) is 0 Å². The van der Waals surface area contributed by atoms with E-state index in [0.717, 1.165) is 19.3 Å². The maximum atomic E-state index is 11.7. The number of nitrogens with zero attached hydrogens (tertiary/aromatic N) is 1. The number of methoxy groups -OCH3 is 1. The van der Waals surface area contributed by atoms with Crippen molar-refractivity contribution in [1.29, 1.82) is 5.26 Å². The lowest BCUT2D eigenvalue weighted by molar-refractivity contribution is -0.128. The summed E-state index contributed by atoms with van der Waals surface area (Å²) in [6.07, 6.45) is 3.13. The molecule has 1 saturated carbocycles. The molecule has 0 heterocycles. The van der Waals surface area contributed by atoms with E-state index >= 15 is 0 Å². The molecule has 1 unspecified atom stereocenters. The van der Waals surface area contributed by atoms with Gasteiger partial charge in [-0.3, -0.25) is 4.79 Å². The zero-order valence-electron chi connectivity index (χ0n) is 10.2. The summed E-state index contributed by atoms with van der Waals surface area (Å²) in [5.41, 5.74) is -0.174. The Bertz CT molecular complexity index is 284. The fourth-order valence-electron chi connectivity index (χ4n) is 1.89. The number of hydrogen-bond donors (Lipinski definition) is 1. The molecule has 1 amide bonds. The van der Waals surface area contributed by atoms with Crippen molar-refractivity contribution in [2.45, 2.75) is 38.7 Å². The molecule has 0 bridgehead atoms. The molecule has 1 N–H and O–H groups in total. The largest absolute Gasteiger partial charge is 0.376 e. The predicted molar refractivity (Wildman–Crippen MR) is 60.5 cm³/mol. The lowest BCUT2D eigenvalue weighted by Crippen LogP contribution is -2.50. The minimum Gasteiger partial charge on any atom is -0.376 e. The zero-order chi connectivity index (χ0) is 12.2. The normalized spacial score (nSPS) is 19.7. The quantitative estimate of drug-likeness (QED) is 0.769. The Morgan fingerprint density at radius 1 is 1.56 bits per heavy atom. The zero-order valence-corrected chi connectivity index (χ0v) is 10.2. The minimum atomic E-state index is -0.561. The third-order valence-electron chi connectivity index (χ3n) is 3.37. The number of carbonyl (C=O) groups excluding carboxylic acids is 1. The van der Waals surface area contributed by atoms with Crippen molar-refractivity contribution in [2.75, 3.05) is 13.7 Å². The summed E-state index contributed by atoms with van der Waals surface area (Å²) in [6, 6.07) is 2.04. The Hall–Kier alpha value is -1.08. The van der Waals surface area contributed by atoms with E-state index in [1.807, 2.05) is 19.9 Å². The Balaban J connectivity index is 2.43. The second-order valence-corrected chi connectivity index (χ2v) is 4.81. The Kier molecular flexibility index (Phi) is 4.31. The van der Waals surface area contributed by atoms with Crippen molar-refractivity contribution in [3.63, 3.8) is 0 Å². The Labute approximate surface area is 97.0 Å². The van der Waals surface area contributed by atoms with Gasteiger partial charge in [-0.15, -0.1) is 0 Å². The second kappa shape index (κ2) is 5.31. The van der Waals surface area contributed by atoms with Crippen LogP contribution in [0.5, 0.6) is 0 Å². The fourth-order valence-corrected chi connectivity index (χ4v) is 1.89. The molecule has 0 aliphatic heterocycles. The van der Waals surface area contributed by atoms with Crippen LogP contribution in [0.25, 0.3) is 0 Å². The molecule has 1 aliphatic carbocycles. The van der Waals surface area contributed by atoms with Gasteiger partial charge in [0.25, 0.3) is 0 Å². The van der Waals surface area contributed by atoms with Gasteiger partial charge in [0.1, 0.15) is 5.92 Å². The summed E-state index contributed by atoms with van der Waals surface area (Å²) in [5.74, 6) is -0.695. The van der Waals surface area contributed by atoms with E-state index < -0.39 is 5.92 Å². The molecule has 0 aromatic heterocycles. The Morgan fingerprint density at radius 3 is 2.50 bits per heavy atom. The fraction of sp³-hybridized carbons (Fsp3) is 0.833. The molecular formula is C12H20N2O2. The predicted octanol–water partition coefficient (Wildman–Crippen LogP) is 1.47. The average Bonchev–Trinajstić information content (AvgIpc) is 2.17. The van der Waals surface area contributed by atoms with Crippen LogP contribution < -0.4 is 5.32 Å². The van der Waals surface area contributed by atoms with E-state index in [4.69, 9.17) is 10.00 Å². The summed E-state index contributed by atoms with van der Waals surface area (Å²) >= 11 is 0. The first-order valence-electron chi connectivity index (χ1n) is 5.77. The molecular weight excluding hydrogens is 204 g/mol. The lowest BCUT2D eigenvalue weighted by Gasteiger charge is -2.40. The van der Waals surface area contributed by atoms with Crippen LogP contribution in [0.2, 0.25) is 0 Å². The van der Waals surface area contributed by atoms with Gasteiger partial charge in [0.15, 0.2) is 0 Å². The molecule has 0 aromatic carbocycles. The van der Waals surface area contributed by atoms with Crippen LogP contribution in [0, 0.1) is 23.2 Å². The van der Waals surface area contributed by atoms with E-state index in [9.17, 15) is 4.79 Å². The van der Waals surface area contributed by atoms with E-state index in [1.54, 1.807) is 7.11 Å². The summed E-state index contributed by atoms with van der Waals surface area (Å²) in [6.45, 7) is 4.28. The SMILES string of the molecule is COC1(CNC(=O)C(C#N)C(C)C)CCC1. The topological polar surface area (TPSA) is 62.1 Å². The van der Waals surface area contributed by atoms with Crippen molar-refractivity contribution in [3.8, 4) is 6.07 Å². The van der Waals surface area contributed by atoms with Crippen LogP contribution in [-0.4, -0.2) is 25.2 Å². The van der Waals surface area contributed by atoms with E-state index in [-0.39, 0.29) is 17.4 Å². The third kappa shape index (κ3) is 2.73. The van der Waals surface area contributed by atoms with E-state index in [1.165, 1.54) is 0 Å². The molecule has 0 saturated heterocycles. The van der Waals surface area contributed by atoms with Gasteiger partial charge < -0.3 is 10.1 Å². The molecule has 1 aliphatic rings. The summed E-state index contributed by atoms with van der Waals surface area (Å²) in [7, 11) is 1.68. The number of carbonyl (C=O) groups is 1. The highest BCUT2D eigenvalue weighted by molar-refractivity contribution is 5.81. The number of amides is 1. The van der Waals surface area contributed by atoms with Crippen molar-refractivity contribution >= 4 is 5.91 Å². The molecule has 4 heteroatoms.